The Balaban J connectivity index is 2.03. The Hall–Kier alpha value is -0.240. The van der Waals surface area contributed by atoms with Gasteiger partial charge in [0.05, 0.1) is 0 Å². The van der Waals surface area contributed by atoms with Crippen molar-refractivity contribution >= 4 is 38.8 Å². The molecule has 96 valence electrons. The number of rotatable bonds is 4. The van der Waals surface area contributed by atoms with Gasteiger partial charge in [-0.3, -0.25) is 0 Å². The number of thioether (sulfide) groups is 1. The van der Waals surface area contributed by atoms with Crippen molar-refractivity contribution in [1.29, 1.82) is 0 Å². The average Bonchev–Trinajstić information content (AvgIpc) is 2.86. The van der Waals surface area contributed by atoms with Crippen molar-refractivity contribution in [1.82, 2.24) is 4.72 Å². The molecular weight excluding hydrogens is 276 g/mol. The van der Waals surface area contributed by atoms with Gasteiger partial charge in [0.25, 0.3) is 0 Å². The summed E-state index contributed by atoms with van der Waals surface area (Å²) in [6, 6.07) is 1.58. The number of nitrogens with two attached hydrogens (primary N) is 1. The molecule has 0 spiro atoms. The van der Waals surface area contributed by atoms with Crippen LogP contribution in [0.25, 0.3) is 0 Å². The summed E-state index contributed by atoms with van der Waals surface area (Å²) in [5, 5.41) is 2.23. The minimum absolute atomic E-state index is 0.0702. The Morgan fingerprint density at radius 3 is 2.82 bits per heavy atom. The molecule has 0 amide bonds. The van der Waals surface area contributed by atoms with Gasteiger partial charge in [0.2, 0.25) is 10.0 Å². The summed E-state index contributed by atoms with van der Waals surface area (Å²) >= 11 is 2.98. The Morgan fingerprint density at radius 2 is 2.29 bits per heavy atom. The van der Waals surface area contributed by atoms with Crippen LogP contribution in [0.15, 0.2) is 15.7 Å². The highest BCUT2D eigenvalue weighted by Gasteiger charge is 2.28. The fraction of sp³-hybridized carbons (Fsp3) is 0.600. The smallest absolute Gasteiger partial charge is 0.250 e. The second-order valence-corrected chi connectivity index (χ2v) is 8.18. The Kier molecular flexibility index (Phi) is 4.02. The van der Waals surface area contributed by atoms with E-state index < -0.39 is 10.0 Å². The Morgan fingerprint density at radius 1 is 1.53 bits per heavy atom. The van der Waals surface area contributed by atoms with Crippen molar-refractivity contribution in [2.45, 2.75) is 34.8 Å². The highest BCUT2D eigenvalue weighted by molar-refractivity contribution is 7.99. The van der Waals surface area contributed by atoms with E-state index in [1.807, 2.05) is 11.8 Å². The molecular formula is C10H16N2O2S3. The molecule has 1 aliphatic rings. The lowest BCUT2D eigenvalue weighted by Gasteiger charge is -2.11. The third-order valence-corrected chi connectivity index (χ3v) is 6.97. The molecule has 4 nitrogen and oxygen atoms in total. The first-order valence-corrected chi connectivity index (χ1v) is 9.05. The molecule has 1 fully saturated rings. The van der Waals surface area contributed by atoms with Gasteiger partial charge in [-0.1, -0.05) is 0 Å². The molecule has 0 aliphatic heterocycles. The number of thiophene rings is 1. The number of nitrogens with one attached hydrogen (secondary N) is 1. The number of anilines is 1. The van der Waals surface area contributed by atoms with Crippen LogP contribution in [0.1, 0.15) is 19.3 Å². The third kappa shape index (κ3) is 3.15. The van der Waals surface area contributed by atoms with Crippen LogP contribution in [0, 0.1) is 0 Å². The van der Waals surface area contributed by atoms with E-state index in [-0.39, 0.29) is 6.04 Å². The quantitative estimate of drug-likeness (QED) is 0.889. The SMILES string of the molecule is CSC1CCC(NS(=O)(=O)c2cc(N)cs2)C1. The van der Waals surface area contributed by atoms with Crippen molar-refractivity contribution in [2.75, 3.05) is 12.0 Å². The van der Waals surface area contributed by atoms with E-state index in [1.165, 1.54) is 17.4 Å². The highest BCUT2D eigenvalue weighted by atomic mass is 32.2. The summed E-state index contributed by atoms with van der Waals surface area (Å²) in [4.78, 5) is 0. The summed E-state index contributed by atoms with van der Waals surface area (Å²) in [6.45, 7) is 0. The maximum Gasteiger partial charge on any atom is 0.250 e. The van der Waals surface area contributed by atoms with E-state index in [0.29, 0.717) is 15.1 Å². The molecule has 1 aromatic rings. The molecule has 0 saturated heterocycles. The standard InChI is InChI=1S/C10H16N2O2S3/c1-15-9-3-2-8(5-9)12-17(13,14)10-4-7(11)6-16-10/h4,6,8-9,12H,2-3,5,11H2,1H3. The first-order chi connectivity index (χ1) is 8.01. The summed E-state index contributed by atoms with van der Waals surface area (Å²) in [5.74, 6) is 0. The molecule has 2 atom stereocenters. The molecule has 17 heavy (non-hydrogen) atoms. The van der Waals surface area contributed by atoms with Gasteiger partial charge in [-0.25, -0.2) is 13.1 Å². The number of hydrogen-bond acceptors (Lipinski definition) is 5. The molecule has 1 heterocycles. The van der Waals surface area contributed by atoms with Crippen LogP contribution < -0.4 is 10.5 Å². The zero-order valence-corrected chi connectivity index (χ0v) is 12.0. The van der Waals surface area contributed by atoms with E-state index in [1.54, 1.807) is 5.38 Å². The number of hydrogen-bond donors (Lipinski definition) is 2. The van der Waals surface area contributed by atoms with Gasteiger partial charge in [0.1, 0.15) is 4.21 Å². The maximum absolute atomic E-state index is 12.0. The van der Waals surface area contributed by atoms with Gasteiger partial charge in [-0.05, 0) is 31.6 Å². The predicted molar refractivity (Wildman–Crippen MR) is 74.0 cm³/mol. The molecule has 0 bridgehead atoms. The molecule has 3 N–H and O–H groups in total. The van der Waals surface area contributed by atoms with E-state index in [9.17, 15) is 8.42 Å². The van der Waals surface area contributed by atoms with Gasteiger partial charge in [0, 0.05) is 22.4 Å². The van der Waals surface area contributed by atoms with Crippen LogP contribution in [-0.4, -0.2) is 26.0 Å². The normalized spacial score (nSPS) is 25.2. The van der Waals surface area contributed by atoms with Crippen molar-refractivity contribution in [2.24, 2.45) is 0 Å². The van der Waals surface area contributed by atoms with Crippen LogP contribution in [0.4, 0.5) is 5.69 Å². The number of sulfonamides is 1. The van der Waals surface area contributed by atoms with E-state index >= 15 is 0 Å². The number of nitrogen functional groups attached to an aromatic ring is 1. The van der Waals surface area contributed by atoms with Gasteiger partial charge >= 0.3 is 0 Å². The minimum atomic E-state index is -3.38. The lowest BCUT2D eigenvalue weighted by Crippen LogP contribution is -2.32. The summed E-state index contributed by atoms with van der Waals surface area (Å²) in [6.07, 6.45) is 5.00. The van der Waals surface area contributed by atoms with E-state index in [4.69, 9.17) is 5.73 Å². The Labute approximate surface area is 110 Å². The molecule has 1 aromatic heterocycles. The van der Waals surface area contributed by atoms with Crippen LogP contribution in [0.3, 0.4) is 0 Å². The molecule has 2 rings (SSSR count). The third-order valence-electron chi connectivity index (χ3n) is 2.90. The maximum atomic E-state index is 12.0. The lowest BCUT2D eigenvalue weighted by atomic mass is 10.3. The summed E-state index contributed by atoms with van der Waals surface area (Å²) < 4.78 is 27.1. The summed E-state index contributed by atoms with van der Waals surface area (Å²) in [5.41, 5.74) is 6.05. The van der Waals surface area contributed by atoms with Crippen molar-refractivity contribution in [3.8, 4) is 0 Å². The predicted octanol–water partition coefficient (Wildman–Crippen LogP) is 1.89. The fourth-order valence-electron chi connectivity index (χ4n) is 2.01. The molecule has 0 radical (unpaired) electrons. The largest absolute Gasteiger partial charge is 0.398 e. The van der Waals surface area contributed by atoms with Crippen molar-refractivity contribution in [3.63, 3.8) is 0 Å². The molecule has 2 unspecified atom stereocenters. The van der Waals surface area contributed by atoms with Gasteiger partial charge in [0.15, 0.2) is 0 Å². The molecule has 1 aliphatic carbocycles. The molecule has 7 heteroatoms. The van der Waals surface area contributed by atoms with Gasteiger partial charge < -0.3 is 5.73 Å². The van der Waals surface area contributed by atoms with Gasteiger partial charge in [-0.2, -0.15) is 11.8 Å². The van der Waals surface area contributed by atoms with Crippen molar-refractivity contribution < 1.29 is 8.42 Å². The van der Waals surface area contributed by atoms with E-state index in [2.05, 4.69) is 11.0 Å². The Bertz CT molecular complexity index is 483. The van der Waals surface area contributed by atoms with Crippen molar-refractivity contribution in [3.05, 3.63) is 11.4 Å². The second-order valence-electron chi connectivity index (χ2n) is 4.19. The van der Waals surface area contributed by atoms with Crippen LogP contribution in [-0.2, 0) is 10.0 Å². The first-order valence-electron chi connectivity index (χ1n) is 5.40. The molecule has 1 saturated carbocycles. The van der Waals surface area contributed by atoms with E-state index in [0.717, 1.165) is 19.3 Å². The topological polar surface area (TPSA) is 72.2 Å². The fourth-order valence-corrected chi connectivity index (χ4v) is 5.19. The minimum Gasteiger partial charge on any atom is -0.398 e. The van der Waals surface area contributed by atoms with Crippen LogP contribution >= 0.6 is 23.1 Å². The van der Waals surface area contributed by atoms with Gasteiger partial charge in [-0.15, -0.1) is 11.3 Å². The second kappa shape index (κ2) is 5.17. The lowest BCUT2D eigenvalue weighted by molar-refractivity contribution is 0.554. The first kappa shape index (κ1) is 13.2. The average molecular weight is 292 g/mol. The van der Waals surface area contributed by atoms with Crippen LogP contribution in [0.5, 0.6) is 0 Å². The monoisotopic (exact) mass is 292 g/mol. The molecule has 0 aromatic carbocycles. The zero-order chi connectivity index (χ0) is 12.5. The van der Waals surface area contributed by atoms with Crippen LogP contribution in [0.2, 0.25) is 0 Å². The zero-order valence-electron chi connectivity index (χ0n) is 9.55. The highest BCUT2D eigenvalue weighted by Crippen LogP contribution is 2.30. The summed E-state index contributed by atoms with van der Waals surface area (Å²) in [7, 11) is -3.38.